The van der Waals surface area contributed by atoms with Gasteiger partial charge in [-0.25, -0.2) is 15.0 Å². The Morgan fingerprint density at radius 2 is 1.72 bits per heavy atom. The lowest BCUT2D eigenvalue weighted by atomic mass is 10.1. The van der Waals surface area contributed by atoms with Crippen molar-refractivity contribution in [3.05, 3.63) is 64.0 Å². The summed E-state index contributed by atoms with van der Waals surface area (Å²) in [6.45, 7) is 5.72. The van der Waals surface area contributed by atoms with Gasteiger partial charge < -0.3 is 19.3 Å². The average Bonchev–Trinajstić information content (AvgIpc) is 3.45. The van der Waals surface area contributed by atoms with Crippen LogP contribution in [0.1, 0.15) is 43.9 Å². The summed E-state index contributed by atoms with van der Waals surface area (Å²) >= 11 is 14.4. The van der Waals surface area contributed by atoms with E-state index in [0.717, 1.165) is 35.8 Å². The smallest absolute Gasteiger partial charge is 0.226 e. The van der Waals surface area contributed by atoms with Gasteiger partial charge in [0.25, 0.3) is 0 Å². The van der Waals surface area contributed by atoms with Gasteiger partial charge in [-0.15, -0.1) is 0 Å². The molecule has 1 saturated carbocycles. The first-order valence-electron chi connectivity index (χ1n) is 13.4. The average molecular weight is 591 g/mol. The third kappa shape index (κ3) is 8.53. The first-order valence-corrected chi connectivity index (χ1v) is 15.6. The fourth-order valence-electron chi connectivity index (χ4n) is 4.99. The standard InChI is InChI=1S/C29H37Cl2N5O2S/c1-4-35(18-21-7-5-6-8-21)27-9-10-28(37-2)34-26(27)20-36(19-22-13-23(30)15-24(31)14-22)29-32-16-25(17-33-29)38-11-12-39-3/h9-10,13-17,21H,4-8,11-12,18-20H2,1-3H3. The molecule has 0 spiro atoms. The van der Waals surface area contributed by atoms with Gasteiger partial charge in [0.1, 0.15) is 0 Å². The number of pyridine rings is 1. The molecule has 0 atom stereocenters. The van der Waals surface area contributed by atoms with Gasteiger partial charge >= 0.3 is 0 Å². The summed E-state index contributed by atoms with van der Waals surface area (Å²) in [5, 5.41) is 1.18. The van der Waals surface area contributed by atoms with Crippen molar-refractivity contribution in [2.75, 3.05) is 48.6 Å². The SMILES string of the molecule is CCN(CC1CCCC1)c1ccc(OC)nc1CN(Cc1cc(Cl)cc(Cl)c1)c1ncc(OCCSC)cn1. The lowest BCUT2D eigenvalue weighted by Crippen LogP contribution is -2.31. The molecule has 0 saturated heterocycles. The second-order valence-corrected chi connectivity index (χ2v) is 11.6. The van der Waals surface area contributed by atoms with Crippen LogP contribution >= 0.6 is 35.0 Å². The first-order chi connectivity index (χ1) is 19.0. The van der Waals surface area contributed by atoms with Crippen LogP contribution in [0.5, 0.6) is 11.6 Å². The Balaban J connectivity index is 1.66. The van der Waals surface area contributed by atoms with Crippen LogP contribution in [0, 0.1) is 5.92 Å². The van der Waals surface area contributed by atoms with E-state index >= 15 is 0 Å². The number of anilines is 2. The van der Waals surface area contributed by atoms with Crippen LogP contribution in [0.25, 0.3) is 0 Å². The topological polar surface area (TPSA) is 63.6 Å². The number of rotatable bonds is 14. The molecule has 0 N–H and O–H groups in total. The number of halogens is 2. The minimum Gasteiger partial charge on any atom is -0.489 e. The fraction of sp³-hybridized carbons (Fsp3) is 0.483. The van der Waals surface area contributed by atoms with E-state index in [-0.39, 0.29) is 0 Å². The number of thioether (sulfide) groups is 1. The summed E-state index contributed by atoms with van der Waals surface area (Å²) in [4.78, 5) is 18.7. The monoisotopic (exact) mass is 589 g/mol. The van der Waals surface area contributed by atoms with E-state index < -0.39 is 0 Å². The molecule has 1 aromatic carbocycles. The lowest BCUT2D eigenvalue weighted by Gasteiger charge is -2.30. The van der Waals surface area contributed by atoms with Crippen LogP contribution in [0.15, 0.2) is 42.7 Å². The highest BCUT2D eigenvalue weighted by atomic mass is 35.5. The second kappa shape index (κ2) is 14.8. The summed E-state index contributed by atoms with van der Waals surface area (Å²) < 4.78 is 11.3. The highest BCUT2D eigenvalue weighted by molar-refractivity contribution is 7.98. The van der Waals surface area contributed by atoms with Gasteiger partial charge in [-0.2, -0.15) is 11.8 Å². The van der Waals surface area contributed by atoms with Gasteiger partial charge in [0.05, 0.1) is 44.0 Å². The second-order valence-electron chi connectivity index (χ2n) is 9.70. The predicted molar refractivity (Wildman–Crippen MR) is 163 cm³/mol. The van der Waals surface area contributed by atoms with Crippen LogP contribution in [0.4, 0.5) is 11.6 Å². The quantitative estimate of drug-likeness (QED) is 0.184. The minimum absolute atomic E-state index is 0.477. The third-order valence-electron chi connectivity index (χ3n) is 6.90. The zero-order valence-corrected chi connectivity index (χ0v) is 25.2. The molecular weight excluding hydrogens is 553 g/mol. The Hall–Kier alpha value is -2.42. The maximum atomic E-state index is 6.34. The molecule has 4 rings (SSSR count). The highest BCUT2D eigenvalue weighted by Gasteiger charge is 2.22. The molecule has 210 valence electrons. The van der Waals surface area contributed by atoms with Crippen molar-refractivity contribution in [3.63, 3.8) is 0 Å². The van der Waals surface area contributed by atoms with Crippen LogP contribution in [0.3, 0.4) is 0 Å². The molecule has 2 heterocycles. The number of ether oxygens (including phenoxy) is 2. The highest BCUT2D eigenvalue weighted by Crippen LogP contribution is 2.31. The fourth-order valence-corrected chi connectivity index (χ4v) is 5.81. The zero-order valence-electron chi connectivity index (χ0n) is 22.9. The molecule has 0 unspecified atom stereocenters. The molecule has 1 aliphatic carbocycles. The van der Waals surface area contributed by atoms with E-state index in [0.29, 0.717) is 53.2 Å². The normalized spacial score (nSPS) is 13.5. The molecule has 0 aliphatic heterocycles. The van der Waals surface area contributed by atoms with Crippen molar-refractivity contribution in [1.82, 2.24) is 15.0 Å². The van der Waals surface area contributed by atoms with E-state index in [1.807, 2.05) is 18.2 Å². The van der Waals surface area contributed by atoms with Gasteiger partial charge in [-0.3, -0.25) is 0 Å². The predicted octanol–water partition coefficient (Wildman–Crippen LogP) is 7.15. The van der Waals surface area contributed by atoms with E-state index in [1.165, 1.54) is 25.7 Å². The van der Waals surface area contributed by atoms with E-state index in [4.69, 9.17) is 37.7 Å². The van der Waals surface area contributed by atoms with Crippen LogP contribution in [-0.2, 0) is 13.1 Å². The third-order valence-corrected chi connectivity index (χ3v) is 7.91. The molecule has 1 aliphatic rings. The van der Waals surface area contributed by atoms with Crippen LogP contribution in [0.2, 0.25) is 10.0 Å². The van der Waals surface area contributed by atoms with Crippen molar-refractivity contribution in [1.29, 1.82) is 0 Å². The molecule has 0 bridgehead atoms. The molecule has 2 aromatic heterocycles. The Labute approximate surface area is 246 Å². The van der Waals surface area contributed by atoms with E-state index in [1.54, 1.807) is 37.3 Å². The number of methoxy groups -OCH3 is 1. The lowest BCUT2D eigenvalue weighted by molar-refractivity contribution is 0.341. The minimum atomic E-state index is 0.477. The molecular formula is C29H37Cl2N5O2S. The van der Waals surface area contributed by atoms with Gasteiger partial charge in [-0.1, -0.05) is 36.0 Å². The van der Waals surface area contributed by atoms with Crippen LogP contribution in [-0.4, -0.2) is 53.8 Å². The van der Waals surface area contributed by atoms with Crippen molar-refractivity contribution >= 4 is 46.6 Å². The summed E-state index contributed by atoms with van der Waals surface area (Å²) in [6, 6.07) is 9.63. The van der Waals surface area contributed by atoms with Crippen LogP contribution < -0.4 is 19.3 Å². The molecule has 3 aromatic rings. The zero-order chi connectivity index (χ0) is 27.6. The Bertz CT molecular complexity index is 1170. The Morgan fingerprint density at radius 3 is 2.36 bits per heavy atom. The number of aromatic nitrogens is 3. The number of hydrogen-bond acceptors (Lipinski definition) is 8. The van der Waals surface area contributed by atoms with Crippen molar-refractivity contribution in [2.24, 2.45) is 5.92 Å². The molecule has 0 amide bonds. The Kier molecular flexibility index (Phi) is 11.2. The van der Waals surface area contributed by atoms with E-state index in [2.05, 4.69) is 39.0 Å². The molecule has 0 radical (unpaired) electrons. The first kappa shape index (κ1) is 29.6. The summed E-state index contributed by atoms with van der Waals surface area (Å²) in [5.41, 5.74) is 2.97. The number of benzene rings is 1. The van der Waals surface area contributed by atoms with Crippen molar-refractivity contribution in [3.8, 4) is 11.6 Å². The Morgan fingerprint density at radius 1 is 1.00 bits per heavy atom. The van der Waals surface area contributed by atoms with Crippen molar-refractivity contribution in [2.45, 2.75) is 45.7 Å². The number of nitrogens with zero attached hydrogens (tertiary/aromatic N) is 5. The molecule has 1 fully saturated rings. The molecule has 7 nitrogen and oxygen atoms in total. The summed E-state index contributed by atoms with van der Waals surface area (Å²) in [6.07, 6.45) is 10.7. The maximum Gasteiger partial charge on any atom is 0.226 e. The largest absolute Gasteiger partial charge is 0.489 e. The van der Waals surface area contributed by atoms with Gasteiger partial charge in [0.2, 0.25) is 11.8 Å². The van der Waals surface area contributed by atoms with E-state index in [9.17, 15) is 0 Å². The maximum absolute atomic E-state index is 6.34. The van der Waals surface area contributed by atoms with Crippen molar-refractivity contribution < 1.29 is 9.47 Å². The summed E-state index contributed by atoms with van der Waals surface area (Å²) in [5.74, 6) is 3.41. The van der Waals surface area contributed by atoms with Gasteiger partial charge in [-0.05, 0) is 61.8 Å². The van der Waals surface area contributed by atoms with Gasteiger partial charge in [0.15, 0.2) is 5.75 Å². The molecule has 39 heavy (non-hydrogen) atoms. The van der Waals surface area contributed by atoms with Gasteiger partial charge in [0, 0.05) is 41.5 Å². The summed E-state index contributed by atoms with van der Waals surface area (Å²) in [7, 11) is 1.65. The number of hydrogen-bond donors (Lipinski definition) is 0. The molecule has 10 heteroatoms.